The fourth-order valence-corrected chi connectivity index (χ4v) is 2.34. The van der Waals surface area contributed by atoms with Crippen LogP contribution >= 0.6 is 0 Å². The third-order valence-corrected chi connectivity index (χ3v) is 3.55. The molecule has 2 N–H and O–H groups in total. The fourth-order valence-electron chi connectivity index (χ4n) is 2.34. The highest BCUT2D eigenvalue weighted by molar-refractivity contribution is 5.92. The second-order valence-corrected chi connectivity index (χ2v) is 5.08. The minimum absolute atomic E-state index is 0.0253. The van der Waals surface area contributed by atoms with Crippen molar-refractivity contribution >= 4 is 17.7 Å². The number of carbonyl (C=O) groups is 1. The van der Waals surface area contributed by atoms with Crippen LogP contribution in [-0.4, -0.2) is 48.4 Å². The zero-order valence-electron chi connectivity index (χ0n) is 12.0. The van der Waals surface area contributed by atoms with Crippen LogP contribution in [0.25, 0.3) is 6.08 Å². The van der Waals surface area contributed by atoms with E-state index in [0.29, 0.717) is 25.2 Å². The predicted octanol–water partition coefficient (Wildman–Crippen LogP) is 1.34. The minimum atomic E-state index is 0.0253. The SMILES string of the molecule is N#CCCN1CCN(C(=O)/C=C/c2cccc(N)c2)CC1. The van der Waals surface area contributed by atoms with Crippen molar-refractivity contribution in [3.63, 3.8) is 0 Å². The zero-order valence-corrected chi connectivity index (χ0v) is 12.0. The largest absolute Gasteiger partial charge is 0.399 e. The summed E-state index contributed by atoms with van der Waals surface area (Å²) in [7, 11) is 0. The molecule has 0 atom stereocenters. The van der Waals surface area contributed by atoms with Crippen molar-refractivity contribution in [2.45, 2.75) is 6.42 Å². The molecule has 0 aromatic heterocycles. The van der Waals surface area contributed by atoms with Crippen LogP contribution in [0.3, 0.4) is 0 Å². The Hall–Kier alpha value is -2.32. The molecule has 5 nitrogen and oxygen atoms in total. The third kappa shape index (κ3) is 4.62. The Morgan fingerprint density at radius 3 is 2.76 bits per heavy atom. The lowest BCUT2D eigenvalue weighted by Crippen LogP contribution is -2.48. The van der Waals surface area contributed by atoms with E-state index < -0.39 is 0 Å². The molecule has 21 heavy (non-hydrogen) atoms. The summed E-state index contributed by atoms with van der Waals surface area (Å²) in [6.45, 7) is 3.88. The maximum absolute atomic E-state index is 12.1. The van der Waals surface area contributed by atoms with E-state index in [1.807, 2.05) is 29.2 Å². The summed E-state index contributed by atoms with van der Waals surface area (Å²) in [6.07, 6.45) is 3.93. The number of piperazine rings is 1. The lowest BCUT2D eigenvalue weighted by Gasteiger charge is -2.33. The maximum atomic E-state index is 12.1. The van der Waals surface area contributed by atoms with Gasteiger partial charge < -0.3 is 10.6 Å². The van der Waals surface area contributed by atoms with Crippen LogP contribution in [0.2, 0.25) is 0 Å². The van der Waals surface area contributed by atoms with Gasteiger partial charge in [0.2, 0.25) is 5.91 Å². The summed E-state index contributed by atoms with van der Waals surface area (Å²) in [4.78, 5) is 16.2. The first-order valence-corrected chi connectivity index (χ1v) is 7.11. The number of nitriles is 1. The average Bonchev–Trinajstić information content (AvgIpc) is 2.51. The number of rotatable bonds is 4. The quantitative estimate of drug-likeness (QED) is 0.669. The van der Waals surface area contributed by atoms with E-state index in [1.54, 1.807) is 12.2 Å². The molecule has 2 rings (SSSR count). The highest BCUT2D eigenvalue weighted by Crippen LogP contribution is 2.09. The predicted molar refractivity (Wildman–Crippen MR) is 83.1 cm³/mol. The first-order valence-electron chi connectivity index (χ1n) is 7.11. The number of hydrogen-bond donors (Lipinski definition) is 1. The van der Waals surface area contributed by atoms with E-state index in [2.05, 4.69) is 11.0 Å². The van der Waals surface area contributed by atoms with Crippen LogP contribution in [-0.2, 0) is 4.79 Å². The number of nitrogens with two attached hydrogens (primary N) is 1. The normalized spacial score (nSPS) is 16.0. The molecule has 1 amide bonds. The summed E-state index contributed by atoms with van der Waals surface area (Å²) in [6, 6.07) is 9.59. The summed E-state index contributed by atoms with van der Waals surface area (Å²) in [5.41, 5.74) is 7.32. The molecule has 110 valence electrons. The van der Waals surface area contributed by atoms with Crippen molar-refractivity contribution in [3.8, 4) is 6.07 Å². The third-order valence-electron chi connectivity index (χ3n) is 3.55. The van der Waals surface area contributed by atoms with Crippen molar-refractivity contribution in [1.82, 2.24) is 9.80 Å². The van der Waals surface area contributed by atoms with Gasteiger partial charge in [0.15, 0.2) is 0 Å². The van der Waals surface area contributed by atoms with Crippen molar-refractivity contribution in [1.29, 1.82) is 5.26 Å². The highest BCUT2D eigenvalue weighted by atomic mass is 16.2. The molecule has 0 radical (unpaired) electrons. The minimum Gasteiger partial charge on any atom is -0.399 e. The lowest BCUT2D eigenvalue weighted by molar-refractivity contribution is -0.127. The van der Waals surface area contributed by atoms with Crippen molar-refractivity contribution in [2.75, 3.05) is 38.5 Å². The van der Waals surface area contributed by atoms with Gasteiger partial charge in [0.25, 0.3) is 0 Å². The van der Waals surface area contributed by atoms with Gasteiger partial charge in [-0.1, -0.05) is 12.1 Å². The molecular weight excluding hydrogens is 264 g/mol. The second kappa shape index (κ2) is 7.46. The number of benzene rings is 1. The highest BCUT2D eigenvalue weighted by Gasteiger charge is 2.18. The van der Waals surface area contributed by atoms with Gasteiger partial charge in [0, 0.05) is 50.9 Å². The number of nitrogen functional groups attached to an aromatic ring is 1. The lowest BCUT2D eigenvalue weighted by atomic mass is 10.2. The molecule has 0 saturated carbocycles. The van der Waals surface area contributed by atoms with Crippen LogP contribution in [0.4, 0.5) is 5.69 Å². The van der Waals surface area contributed by atoms with E-state index in [1.165, 1.54) is 0 Å². The number of anilines is 1. The van der Waals surface area contributed by atoms with Gasteiger partial charge in [-0.2, -0.15) is 5.26 Å². The van der Waals surface area contributed by atoms with Crippen LogP contribution < -0.4 is 5.73 Å². The Bertz CT molecular complexity index is 554. The number of amides is 1. The fraction of sp³-hybridized carbons (Fsp3) is 0.375. The van der Waals surface area contributed by atoms with Gasteiger partial charge in [0.1, 0.15) is 0 Å². The topological polar surface area (TPSA) is 73.4 Å². The Morgan fingerprint density at radius 2 is 2.10 bits per heavy atom. The van der Waals surface area contributed by atoms with Crippen LogP contribution in [0.5, 0.6) is 0 Å². The number of nitrogens with zero attached hydrogens (tertiary/aromatic N) is 3. The first kappa shape index (κ1) is 15.1. The molecule has 0 bridgehead atoms. The molecule has 0 aliphatic carbocycles. The average molecular weight is 284 g/mol. The smallest absolute Gasteiger partial charge is 0.246 e. The maximum Gasteiger partial charge on any atom is 0.246 e. The van der Waals surface area contributed by atoms with Gasteiger partial charge in [-0.05, 0) is 23.8 Å². The van der Waals surface area contributed by atoms with Crippen LogP contribution in [0.1, 0.15) is 12.0 Å². The Morgan fingerprint density at radius 1 is 1.33 bits per heavy atom. The molecule has 1 saturated heterocycles. The zero-order chi connectivity index (χ0) is 15.1. The molecule has 1 aromatic rings. The Balaban J connectivity index is 1.84. The van der Waals surface area contributed by atoms with Crippen molar-refractivity contribution in [3.05, 3.63) is 35.9 Å². The van der Waals surface area contributed by atoms with E-state index in [4.69, 9.17) is 11.0 Å². The van der Waals surface area contributed by atoms with E-state index in [-0.39, 0.29) is 5.91 Å². The summed E-state index contributed by atoms with van der Waals surface area (Å²) < 4.78 is 0. The second-order valence-electron chi connectivity index (χ2n) is 5.08. The summed E-state index contributed by atoms with van der Waals surface area (Å²) >= 11 is 0. The molecule has 1 heterocycles. The first-order chi connectivity index (χ1) is 10.2. The standard InChI is InChI=1S/C16H20N4O/c17-7-2-8-19-9-11-20(12-10-19)16(21)6-5-14-3-1-4-15(18)13-14/h1,3-6,13H,2,8-12,18H2/b6-5+. The number of hydrogen-bond acceptors (Lipinski definition) is 4. The molecular formula is C16H20N4O. The molecule has 0 unspecified atom stereocenters. The van der Waals surface area contributed by atoms with E-state index in [9.17, 15) is 4.79 Å². The van der Waals surface area contributed by atoms with Gasteiger partial charge in [-0.15, -0.1) is 0 Å². The van der Waals surface area contributed by atoms with Crippen molar-refractivity contribution < 1.29 is 4.79 Å². The Labute approximate surface area is 125 Å². The summed E-state index contributed by atoms with van der Waals surface area (Å²) in [5, 5.41) is 8.58. The monoisotopic (exact) mass is 284 g/mol. The van der Waals surface area contributed by atoms with Crippen LogP contribution in [0, 0.1) is 11.3 Å². The molecule has 1 aliphatic rings. The molecule has 1 aliphatic heterocycles. The van der Waals surface area contributed by atoms with Gasteiger partial charge in [-0.3, -0.25) is 9.69 Å². The van der Waals surface area contributed by atoms with E-state index in [0.717, 1.165) is 25.2 Å². The van der Waals surface area contributed by atoms with Crippen LogP contribution in [0.15, 0.2) is 30.3 Å². The van der Waals surface area contributed by atoms with Gasteiger partial charge in [-0.25, -0.2) is 0 Å². The Kier molecular flexibility index (Phi) is 5.35. The number of carbonyl (C=O) groups excluding carboxylic acids is 1. The molecule has 5 heteroatoms. The molecule has 1 fully saturated rings. The molecule has 1 aromatic carbocycles. The molecule has 0 spiro atoms. The summed E-state index contributed by atoms with van der Waals surface area (Å²) in [5.74, 6) is 0.0253. The van der Waals surface area contributed by atoms with Crippen molar-refractivity contribution in [2.24, 2.45) is 0 Å². The van der Waals surface area contributed by atoms with Gasteiger partial charge >= 0.3 is 0 Å². The van der Waals surface area contributed by atoms with Gasteiger partial charge in [0.05, 0.1) is 6.07 Å². The van der Waals surface area contributed by atoms with E-state index >= 15 is 0 Å².